The second kappa shape index (κ2) is 20.9. The van der Waals surface area contributed by atoms with Crippen LogP contribution < -0.4 is 27.0 Å². The van der Waals surface area contributed by atoms with Crippen molar-refractivity contribution in [1.82, 2.24) is 36.1 Å². The summed E-state index contributed by atoms with van der Waals surface area (Å²) in [6, 6.07) is 9.10. The van der Waals surface area contributed by atoms with Crippen LogP contribution in [0.5, 0.6) is 5.75 Å². The van der Waals surface area contributed by atoms with Crippen molar-refractivity contribution in [3.8, 4) is 5.75 Å². The van der Waals surface area contributed by atoms with Gasteiger partial charge in [0.25, 0.3) is 0 Å². The van der Waals surface area contributed by atoms with Crippen LogP contribution in [0.4, 0.5) is 0 Å². The van der Waals surface area contributed by atoms with Gasteiger partial charge in [-0.15, -0.1) is 0 Å². The second-order valence-electron chi connectivity index (χ2n) is 14.9. The predicted octanol–water partition coefficient (Wildman–Crippen LogP) is 1.28. The van der Waals surface area contributed by atoms with Crippen LogP contribution >= 0.6 is 0 Å². The summed E-state index contributed by atoms with van der Waals surface area (Å²) in [5.74, 6) is -4.09. The first kappa shape index (κ1) is 44.0. The normalized spacial score (nSPS) is 17.0. The van der Waals surface area contributed by atoms with Crippen LogP contribution in [-0.2, 0) is 52.8 Å². The molecule has 3 aromatic rings. The number of phenolic OH excluding ortho intramolecular Hbond substituents is 1. The number of aromatic hydroxyl groups is 1. The van der Waals surface area contributed by atoms with E-state index in [9.17, 15) is 33.9 Å². The summed E-state index contributed by atoms with van der Waals surface area (Å²) >= 11 is 0. The highest BCUT2D eigenvalue weighted by atomic mass is 16.5. The predicted molar refractivity (Wildman–Crippen MR) is 211 cm³/mol. The molecule has 2 heterocycles. The Morgan fingerprint density at radius 2 is 1.51 bits per heavy atom. The van der Waals surface area contributed by atoms with E-state index in [1.165, 1.54) is 36.7 Å². The summed E-state index contributed by atoms with van der Waals surface area (Å²) in [5.41, 5.74) is 8.10. The lowest BCUT2D eigenvalue weighted by Crippen LogP contribution is -2.61. The number of carbonyl (C=O) groups excluding carboxylic acids is 6. The molecule has 0 radical (unpaired) electrons. The van der Waals surface area contributed by atoms with Gasteiger partial charge in [0.1, 0.15) is 36.0 Å². The number of aromatic amines is 1. The number of aromatic nitrogens is 2. The highest BCUT2D eigenvalue weighted by Gasteiger charge is 2.40. The third-order valence-electron chi connectivity index (χ3n) is 10.3. The summed E-state index contributed by atoms with van der Waals surface area (Å²) < 4.78 is 4.97. The van der Waals surface area contributed by atoms with Crippen LogP contribution in [0, 0.1) is 11.8 Å². The number of ether oxygens (including phenoxy) is 1. The molecule has 1 fully saturated rings. The highest BCUT2D eigenvalue weighted by Crippen LogP contribution is 2.21. The zero-order valence-corrected chi connectivity index (χ0v) is 33.2. The van der Waals surface area contributed by atoms with Crippen molar-refractivity contribution >= 4 is 35.5 Å². The molecule has 2 aromatic carbocycles. The minimum absolute atomic E-state index is 0.00199. The molecule has 1 aliphatic rings. The van der Waals surface area contributed by atoms with Gasteiger partial charge in [-0.25, -0.2) is 9.78 Å². The quantitative estimate of drug-likeness (QED) is 0.0860. The average Bonchev–Trinajstić information content (AvgIpc) is 3.92. The third-order valence-corrected chi connectivity index (χ3v) is 10.3. The van der Waals surface area contributed by atoms with E-state index in [0.29, 0.717) is 30.5 Å². The number of benzene rings is 2. The number of carbonyl (C=O) groups is 6. The van der Waals surface area contributed by atoms with Crippen LogP contribution in [0.15, 0.2) is 67.1 Å². The molecule has 16 nitrogen and oxygen atoms in total. The Morgan fingerprint density at radius 3 is 2.12 bits per heavy atom. The molecule has 308 valence electrons. The first-order valence-corrected chi connectivity index (χ1v) is 19.4. The first-order chi connectivity index (χ1) is 27.2. The topological polar surface area (TPSA) is 238 Å². The van der Waals surface area contributed by atoms with Gasteiger partial charge < -0.3 is 46.7 Å². The maximum Gasteiger partial charge on any atom is 0.328 e. The van der Waals surface area contributed by atoms with Crippen LogP contribution in [0.2, 0.25) is 0 Å². The van der Waals surface area contributed by atoms with Crippen LogP contribution in [0.1, 0.15) is 63.8 Å². The fraction of sp³-hybridized carbons (Fsp3) is 0.488. The van der Waals surface area contributed by atoms with Gasteiger partial charge >= 0.3 is 5.97 Å². The summed E-state index contributed by atoms with van der Waals surface area (Å²) in [4.78, 5) is 90.6. The van der Waals surface area contributed by atoms with Crippen molar-refractivity contribution in [1.29, 1.82) is 0 Å². The number of nitrogens with two attached hydrogens (primary N) is 1. The molecule has 4 rings (SSSR count). The molecule has 16 heteroatoms. The average molecular weight is 789 g/mol. The molecule has 0 spiro atoms. The number of likely N-dealkylation sites (tertiary alicyclic amines) is 1. The Kier molecular flexibility index (Phi) is 16.2. The first-order valence-electron chi connectivity index (χ1n) is 19.4. The summed E-state index contributed by atoms with van der Waals surface area (Å²) in [6.07, 6.45) is 4.52. The fourth-order valence-electron chi connectivity index (χ4n) is 6.64. The number of rotatable bonds is 19. The standard InChI is InChI=1S/C41H56N8O8/c1-6-25(4)35(48-36(51)30(45-38(53)34(42)24(2)3)19-27-14-16-29(50)17-15-27)39(54)46-31(21-28-22-43-23-44-28)40(55)49-18-10-13-33(49)37(52)47-32(41(56)57-5)20-26-11-8-7-9-12-26/h7-9,11-12,14-17,22-25,30-35,50H,6,10,13,18-21,42H2,1-5H3,(H,43,44)(H,45,53)(H,46,54)(H,47,52)(H,48,51). The summed E-state index contributed by atoms with van der Waals surface area (Å²) in [6.45, 7) is 7.44. The Balaban J connectivity index is 1.55. The van der Waals surface area contributed by atoms with E-state index >= 15 is 0 Å². The summed E-state index contributed by atoms with van der Waals surface area (Å²) in [5, 5.41) is 21.0. The Labute approximate surface area is 333 Å². The van der Waals surface area contributed by atoms with Gasteiger partial charge in [-0.05, 0) is 47.9 Å². The van der Waals surface area contributed by atoms with E-state index in [4.69, 9.17) is 10.5 Å². The fourth-order valence-corrected chi connectivity index (χ4v) is 6.64. The van der Waals surface area contributed by atoms with Crippen molar-refractivity contribution in [2.24, 2.45) is 17.6 Å². The maximum atomic E-state index is 14.4. The van der Waals surface area contributed by atoms with Gasteiger partial charge in [0.05, 0.1) is 19.5 Å². The Bertz CT molecular complexity index is 1800. The number of amides is 5. The van der Waals surface area contributed by atoms with E-state index in [0.717, 1.165) is 5.56 Å². The van der Waals surface area contributed by atoms with E-state index < -0.39 is 77.7 Å². The monoisotopic (exact) mass is 788 g/mol. The van der Waals surface area contributed by atoms with Crippen molar-refractivity contribution in [2.45, 2.75) is 102 Å². The largest absolute Gasteiger partial charge is 0.508 e. The van der Waals surface area contributed by atoms with Crippen LogP contribution in [0.3, 0.4) is 0 Å². The molecule has 8 N–H and O–H groups in total. The molecule has 57 heavy (non-hydrogen) atoms. The highest BCUT2D eigenvalue weighted by molar-refractivity contribution is 5.97. The van der Waals surface area contributed by atoms with Gasteiger partial charge in [0.15, 0.2) is 0 Å². The Hall–Kier alpha value is -5.77. The SMILES string of the molecule is CCC(C)C(NC(=O)C(Cc1ccc(O)cc1)NC(=O)C(N)C(C)C)C(=O)NC(Cc1cnc[nH]1)C(=O)N1CCCC1C(=O)NC(Cc1ccccc1)C(=O)OC. The van der Waals surface area contributed by atoms with Crippen molar-refractivity contribution in [2.75, 3.05) is 13.7 Å². The van der Waals surface area contributed by atoms with Gasteiger partial charge in [-0.3, -0.25) is 24.0 Å². The molecular weight excluding hydrogens is 732 g/mol. The van der Waals surface area contributed by atoms with E-state index in [-0.39, 0.29) is 37.5 Å². The Morgan fingerprint density at radius 1 is 0.860 bits per heavy atom. The number of H-pyrrole nitrogens is 1. The molecule has 0 bridgehead atoms. The molecule has 1 saturated heterocycles. The molecule has 1 aromatic heterocycles. The van der Waals surface area contributed by atoms with Crippen LogP contribution in [-0.4, -0.2) is 105 Å². The lowest BCUT2D eigenvalue weighted by molar-refractivity contribution is -0.147. The second-order valence-corrected chi connectivity index (χ2v) is 14.9. The lowest BCUT2D eigenvalue weighted by Gasteiger charge is -2.32. The molecule has 0 saturated carbocycles. The van der Waals surface area contributed by atoms with E-state index in [2.05, 4.69) is 31.2 Å². The number of nitrogens with zero attached hydrogens (tertiary/aromatic N) is 2. The molecule has 7 atom stereocenters. The maximum absolute atomic E-state index is 14.4. The van der Waals surface area contributed by atoms with Gasteiger partial charge in [-0.1, -0.05) is 76.6 Å². The zero-order valence-electron chi connectivity index (χ0n) is 33.2. The number of hydrogen-bond donors (Lipinski definition) is 7. The summed E-state index contributed by atoms with van der Waals surface area (Å²) in [7, 11) is 1.24. The van der Waals surface area contributed by atoms with Gasteiger partial charge in [0, 0.05) is 37.7 Å². The number of imidazole rings is 1. The molecule has 0 aliphatic carbocycles. The van der Waals surface area contributed by atoms with Crippen molar-refractivity contribution < 1.29 is 38.6 Å². The van der Waals surface area contributed by atoms with Gasteiger partial charge in [0.2, 0.25) is 29.5 Å². The third kappa shape index (κ3) is 12.4. The molecule has 7 unspecified atom stereocenters. The van der Waals surface area contributed by atoms with Crippen molar-refractivity contribution in [3.63, 3.8) is 0 Å². The minimum atomic E-state index is -1.17. The number of phenols is 1. The smallest absolute Gasteiger partial charge is 0.328 e. The number of nitrogens with one attached hydrogen (secondary N) is 5. The van der Waals surface area contributed by atoms with Crippen LogP contribution in [0.25, 0.3) is 0 Å². The van der Waals surface area contributed by atoms with E-state index in [1.54, 1.807) is 32.9 Å². The lowest BCUT2D eigenvalue weighted by atomic mass is 9.96. The number of hydrogen-bond acceptors (Lipinski definition) is 10. The van der Waals surface area contributed by atoms with Gasteiger partial charge in [-0.2, -0.15) is 0 Å². The zero-order chi connectivity index (χ0) is 41.6. The van der Waals surface area contributed by atoms with E-state index in [1.807, 2.05) is 37.3 Å². The molecular formula is C41H56N8O8. The molecule has 1 aliphatic heterocycles. The number of methoxy groups -OCH3 is 1. The minimum Gasteiger partial charge on any atom is -0.508 e. The van der Waals surface area contributed by atoms with Crippen molar-refractivity contribution in [3.05, 3.63) is 83.9 Å². The molecule has 5 amide bonds. The number of esters is 1.